The van der Waals surface area contributed by atoms with E-state index in [1.807, 2.05) is 4.90 Å². The average molecular weight is 218 g/mol. The summed E-state index contributed by atoms with van der Waals surface area (Å²) in [6, 6.07) is 0. The van der Waals surface area contributed by atoms with Crippen molar-refractivity contribution in [2.24, 2.45) is 5.92 Å². The van der Waals surface area contributed by atoms with E-state index >= 15 is 0 Å². The maximum Gasteiger partial charge on any atom is 0.252 e. The quantitative estimate of drug-likeness (QED) is 0.619. The van der Waals surface area contributed by atoms with Crippen molar-refractivity contribution >= 4 is 17.5 Å². The largest absolute Gasteiger partial charge is 0.368 e. The highest BCUT2D eigenvalue weighted by Crippen LogP contribution is 2.24. The molecule has 2 aliphatic heterocycles. The van der Waals surface area contributed by atoms with Gasteiger partial charge in [-0.25, -0.2) is 0 Å². The molecular formula is C10H16ClNO2. The lowest BCUT2D eigenvalue weighted by molar-refractivity contribution is -0.141. The second-order valence-corrected chi connectivity index (χ2v) is 4.84. The number of ether oxygens (including phenoxy) is 1. The van der Waals surface area contributed by atoms with Gasteiger partial charge in [-0.3, -0.25) is 4.79 Å². The zero-order valence-electron chi connectivity index (χ0n) is 8.41. The zero-order chi connectivity index (χ0) is 10.1. The number of hydrogen-bond acceptors (Lipinski definition) is 2. The molecule has 4 heteroatoms. The molecule has 0 radical (unpaired) electrons. The van der Waals surface area contributed by atoms with E-state index in [0.717, 1.165) is 26.0 Å². The minimum atomic E-state index is -0.211. The van der Waals surface area contributed by atoms with Gasteiger partial charge in [0.25, 0.3) is 5.91 Å². The van der Waals surface area contributed by atoms with Crippen molar-refractivity contribution in [3.63, 3.8) is 0 Å². The van der Waals surface area contributed by atoms with E-state index in [2.05, 4.69) is 6.92 Å². The monoisotopic (exact) mass is 217 g/mol. The van der Waals surface area contributed by atoms with Crippen LogP contribution in [0.25, 0.3) is 0 Å². The summed E-state index contributed by atoms with van der Waals surface area (Å²) in [6.45, 7) is 4.27. The van der Waals surface area contributed by atoms with Gasteiger partial charge in [0.15, 0.2) is 0 Å². The number of amides is 1. The van der Waals surface area contributed by atoms with E-state index in [-0.39, 0.29) is 17.4 Å². The van der Waals surface area contributed by atoms with Crippen molar-refractivity contribution in [1.82, 2.24) is 4.90 Å². The molecule has 2 saturated heterocycles. The van der Waals surface area contributed by atoms with Gasteiger partial charge in [0.05, 0.1) is 5.38 Å². The molecule has 2 rings (SSSR count). The standard InChI is InChI=1S/C10H16ClNO2/c1-7-3-5-14-9(7)10(13)12-4-2-8(11)6-12/h7-9H,2-6H2,1H3. The second-order valence-electron chi connectivity index (χ2n) is 4.23. The van der Waals surface area contributed by atoms with Gasteiger partial charge in [-0.2, -0.15) is 0 Å². The van der Waals surface area contributed by atoms with Crippen LogP contribution in [-0.4, -0.2) is 42.0 Å². The molecule has 2 aliphatic rings. The van der Waals surface area contributed by atoms with Gasteiger partial charge in [0, 0.05) is 19.7 Å². The summed E-state index contributed by atoms with van der Waals surface area (Å²) < 4.78 is 5.44. The third kappa shape index (κ3) is 1.89. The van der Waals surface area contributed by atoms with Crippen LogP contribution in [0.5, 0.6) is 0 Å². The summed E-state index contributed by atoms with van der Waals surface area (Å²) in [5, 5.41) is 0.135. The Morgan fingerprint density at radius 2 is 2.29 bits per heavy atom. The van der Waals surface area contributed by atoms with Crippen LogP contribution in [-0.2, 0) is 9.53 Å². The number of halogens is 1. The van der Waals surface area contributed by atoms with Gasteiger partial charge >= 0.3 is 0 Å². The molecule has 0 aromatic carbocycles. The zero-order valence-corrected chi connectivity index (χ0v) is 9.17. The Hall–Kier alpha value is -0.280. The van der Waals surface area contributed by atoms with Crippen molar-refractivity contribution in [3.8, 4) is 0 Å². The van der Waals surface area contributed by atoms with Crippen molar-refractivity contribution in [2.45, 2.75) is 31.2 Å². The molecule has 80 valence electrons. The normalized spacial score (nSPS) is 37.9. The van der Waals surface area contributed by atoms with E-state index in [9.17, 15) is 4.79 Å². The molecule has 0 saturated carbocycles. The number of alkyl halides is 1. The van der Waals surface area contributed by atoms with Crippen molar-refractivity contribution < 1.29 is 9.53 Å². The van der Waals surface area contributed by atoms with E-state index in [4.69, 9.17) is 16.3 Å². The van der Waals surface area contributed by atoms with Crippen LogP contribution < -0.4 is 0 Å². The molecule has 3 nitrogen and oxygen atoms in total. The molecule has 2 fully saturated rings. The van der Waals surface area contributed by atoms with Crippen LogP contribution in [0.2, 0.25) is 0 Å². The smallest absolute Gasteiger partial charge is 0.252 e. The van der Waals surface area contributed by atoms with Crippen molar-refractivity contribution in [2.75, 3.05) is 19.7 Å². The second kappa shape index (κ2) is 4.07. The fourth-order valence-electron chi connectivity index (χ4n) is 2.11. The fourth-order valence-corrected chi connectivity index (χ4v) is 2.37. The number of carbonyl (C=O) groups excluding carboxylic acids is 1. The molecule has 0 aromatic rings. The van der Waals surface area contributed by atoms with Crippen LogP contribution >= 0.6 is 11.6 Å². The maximum atomic E-state index is 11.9. The van der Waals surface area contributed by atoms with E-state index in [1.54, 1.807) is 0 Å². The van der Waals surface area contributed by atoms with E-state index < -0.39 is 0 Å². The maximum absolute atomic E-state index is 11.9. The molecule has 3 unspecified atom stereocenters. The molecular weight excluding hydrogens is 202 g/mol. The summed E-state index contributed by atoms with van der Waals surface area (Å²) in [4.78, 5) is 13.8. The highest BCUT2D eigenvalue weighted by Gasteiger charge is 2.36. The summed E-state index contributed by atoms with van der Waals surface area (Å²) >= 11 is 5.96. The van der Waals surface area contributed by atoms with Crippen molar-refractivity contribution in [1.29, 1.82) is 0 Å². The van der Waals surface area contributed by atoms with E-state index in [1.165, 1.54) is 0 Å². The average Bonchev–Trinajstić information content (AvgIpc) is 2.73. The minimum absolute atomic E-state index is 0.135. The van der Waals surface area contributed by atoms with Gasteiger partial charge in [-0.05, 0) is 18.8 Å². The first-order chi connectivity index (χ1) is 6.68. The predicted octanol–water partition coefficient (Wildman–Crippen LogP) is 1.25. The van der Waals surface area contributed by atoms with Crippen LogP contribution in [0.3, 0.4) is 0 Å². The molecule has 1 amide bonds. The first-order valence-electron chi connectivity index (χ1n) is 5.23. The minimum Gasteiger partial charge on any atom is -0.368 e. The molecule has 0 aliphatic carbocycles. The Morgan fingerprint density at radius 1 is 1.50 bits per heavy atom. The summed E-state index contributed by atoms with van der Waals surface area (Å²) in [5.74, 6) is 0.495. The highest BCUT2D eigenvalue weighted by molar-refractivity contribution is 6.21. The number of likely N-dealkylation sites (tertiary alicyclic amines) is 1. The van der Waals surface area contributed by atoms with Crippen LogP contribution in [0.1, 0.15) is 19.8 Å². The number of hydrogen-bond donors (Lipinski definition) is 0. The topological polar surface area (TPSA) is 29.5 Å². The van der Waals surface area contributed by atoms with Gasteiger partial charge in [0.1, 0.15) is 6.10 Å². The summed E-state index contributed by atoms with van der Waals surface area (Å²) in [5.41, 5.74) is 0. The summed E-state index contributed by atoms with van der Waals surface area (Å²) in [6.07, 6.45) is 1.69. The lowest BCUT2D eigenvalue weighted by Crippen LogP contribution is -2.39. The SMILES string of the molecule is CC1CCOC1C(=O)N1CCC(Cl)C1. The number of carbonyl (C=O) groups is 1. The van der Waals surface area contributed by atoms with Crippen LogP contribution in [0.4, 0.5) is 0 Å². The van der Waals surface area contributed by atoms with Crippen molar-refractivity contribution in [3.05, 3.63) is 0 Å². The first-order valence-corrected chi connectivity index (χ1v) is 5.66. The number of rotatable bonds is 1. The van der Waals surface area contributed by atoms with Gasteiger partial charge in [0.2, 0.25) is 0 Å². The van der Waals surface area contributed by atoms with Gasteiger partial charge in [-0.15, -0.1) is 11.6 Å². The highest BCUT2D eigenvalue weighted by atomic mass is 35.5. The molecule has 14 heavy (non-hydrogen) atoms. The van der Waals surface area contributed by atoms with E-state index in [0.29, 0.717) is 12.5 Å². The molecule has 0 N–H and O–H groups in total. The molecule has 0 aromatic heterocycles. The molecule has 0 bridgehead atoms. The fraction of sp³-hybridized carbons (Fsp3) is 0.900. The Labute approximate surface area is 89.4 Å². The summed E-state index contributed by atoms with van der Waals surface area (Å²) in [7, 11) is 0. The number of nitrogens with zero attached hydrogens (tertiary/aromatic N) is 1. The Morgan fingerprint density at radius 3 is 2.79 bits per heavy atom. The first kappa shape index (κ1) is 10.2. The van der Waals surface area contributed by atoms with Gasteiger partial charge in [-0.1, -0.05) is 6.92 Å². The molecule has 0 spiro atoms. The third-order valence-corrected chi connectivity index (χ3v) is 3.43. The van der Waals surface area contributed by atoms with Crippen LogP contribution in [0.15, 0.2) is 0 Å². The molecule has 2 heterocycles. The third-order valence-electron chi connectivity index (χ3n) is 3.07. The van der Waals surface area contributed by atoms with Crippen LogP contribution in [0, 0.1) is 5.92 Å². The Kier molecular flexibility index (Phi) is 2.98. The lowest BCUT2D eigenvalue weighted by Gasteiger charge is -2.21. The Bertz CT molecular complexity index is 234. The van der Waals surface area contributed by atoms with Gasteiger partial charge < -0.3 is 9.64 Å². The lowest BCUT2D eigenvalue weighted by atomic mass is 10.0. The Balaban J connectivity index is 1.94. The predicted molar refractivity (Wildman–Crippen MR) is 54.4 cm³/mol. The molecule has 3 atom stereocenters.